The highest BCUT2D eigenvalue weighted by Crippen LogP contribution is 2.46. The highest BCUT2D eigenvalue weighted by molar-refractivity contribution is 8.00. The number of rotatable bonds is 9. The molecule has 0 aliphatic carbocycles. The number of carbonyl (C=O) groups excluding carboxylic acids is 2. The van der Waals surface area contributed by atoms with Crippen LogP contribution in [0.4, 0.5) is 5.13 Å². The summed E-state index contributed by atoms with van der Waals surface area (Å²) in [6, 6.07) is 16.2. The van der Waals surface area contributed by atoms with E-state index in [-0.39, 0.29) is 22.2 Å². The fourth-order valence-corrected chi connectivity index (χ4v) is 7.16. The number of Topliss-reactive ketones (excluding diaryl/α,β-unsaturated/α-hetero) is 1. The molecule has 6 rings (SSSR count). The van der Waals surface area contributed by atoms with E-state index in [1.807, 2.05) is 50.4 Å². The van der Waals surface area contributed by atoms with Crippen molar-refractivity contribution in [2.45, 2.75) is 43.8 Å². The van der Waals surface area contributed by atoms with Crippen molar-refractivity contribution < 1.29 is 24.2 Å². The maximum Gasteiger partial charge on any atom is 0.301 e. The van der Waals surface area contributed by atoms with Crippen LogP contribution in [0.15, 0.2) is 70.7 Å². The number of thioether (sulfide) groups is 1. The predicted octanol–water partition coefficient (Wildman–Crippen LogP) is 6.44. The van der Waals surface area contributed by atoms with E-state index in [9.17, 15) is 14.7 Å². The van der Waals surface area contributed by atoms with Gasteiger partial charge in [-0.25, -0.2) is 4.98 Å². The van der Waals surface area contributed by atoms with Gasteiger partial charge in [0, 0.05) is 11.9 Å². The van der Waals surface area contributed by atoms with Crippen molar-refractivity contribution in [2.24, 2.45) is 0 Å². The predicted molar refractivity (Wildman–Crippen MR) is 174 cm³/mol. The number of amides is 1. The minimum atomic E-state index is -1.03. The Morgan fingerprint density at radius 1 is 1.04 bits per heavy atom. The number of hydrogen-bond donors (Lipinski definition) is 1. The lowest BCUT2D eigenvalue weighted by atomic mass is 9.96. The molecule has 0 radical (unpaired) electrons. The number of aliphatic hydroxyl groups excluding tert-OH is 1. The second kappa shape index (κ2) is 12.4. The molecule has 1 atom stereocenters. The van der Waals surface area contributed by atoms with E-state index in [4.69, 9.17) is 9.47 Å². The van der Waals surface area contributed by atoms with Crippen LogP contribution in [-0.4, -0.2) is 50.1 Å². The molecule has 0 saturated carbocycles. The molecule has 1 amide bonds. The SMILES string of the molecule is CCOc1ccc(C2/C(=C(\O)c3nc4c(C)cccn4c3C)C(=O)C(=O)N2c2nnc(SCc3ccc(C)cc3)s2)cc1OC. The molecule has 10 nitrogen and oxygen atoms in total. The van der Waals surface area contributed by atoms with Crippen molar-refractivity contribution in [1.29, 1.82) is 0 Å². The van der Waals surface area contributed by atoms with Gasteiger partial charge in [0.1, 0.15) is 11.3 Å². The van der Waals surface area contributed by atoms with Gasteiger partial charge < -0.3 is 19.0 Å². The summed E-state index contributed by atoms with van der Waals surface area (Å²) >= 11 is 2.70. The Balaban J connectivity index is 1.46. The van der Waals surface area contributed by atoms with E-state index < -0.39 is 17.7 Å². The van der Waals surface area contributed by atoms with Gasteiger partial charge in [-0.1, -0.05) is 65.1 Å². The molecule has 3 aromatic heterocycles. The molecule has 0 spiro atoms. The summed E-state index contributed by atoms with van der Waals surface area (Å²) in [5.74, 6) is -0.433. The number of nitrogens with zero attached hydrogens (tertiary/aromatic N) is 5. The smallest absolute Gasteiger partial charge is 0.301 e. The molecule has 2 aromatic carbocycles. The van der Waals surface area contributed by atoms with E-state index in [0.717, 1.165) is 11.1 Å². The van der Waals surface area contributed by atoms with Gasteiger partial charge in [-0.3, -0.25) is 14.5 Å². The number of aryl methyl sites for hydroxylation is 3. The van der Waals surface area contributed by atoms with Crippen molar-refractivity contribution in [1.82, 2.24) is 19.6 Å². The average molecular weight is 642 g/mol. The van der Waals surface area contributed by atoms with Crippen LogP contribution in [0.3, 0.4) is 0 Å². The number of pyridine rings is 1. The topological polar surface area (TPSA) is 119 Å². The highest BCUT2D eigenvalue weighted by Gasteiger charge is 2.49. The minimum Gasteiger partial charge on any atom is -0.505 e. The maximum absolute atomic E-state index is 13.8. The molecular formula is C33H31N5O5S2. The molecule has 1 N–H and O–H groups in total. The fourth-order valence-electron chi connectivity index (χ4n) is 5.34. The Kier molecular flexibility index (Phi) is 8.34. The van der Waals surface area contributed by atoms with E-state index >= 15 is 0 Å². The summed E-state index contributed by atoms with van der Waals surface area (Å²) in [4.78, 5) is 33.5. The number of hydrogen-bond acceptors (Lipinski definition) is 10. The number of anilines is 1. The average Bonchev–Trinajstić information content (AvgIpc) is 3.72. The molecule has 12 heteroatoms. The lowest BCUT2D eigenvalue weighted by molar-refractivity contribution is -0.132. The third-order valence-electron chi connectivity index (χ3n) is 7.64. The van der Waals surface area contributed by atoms with Crippen molar-refractivity contribution in [2.75, 3.05) is 18.6 Å². The largest absolute Gasteiger partial charge is 0.505 e. The molecule has 1 unspecified atom stereocenters. The number of fused-ring (bicyclic) bond motifs is 1. The molecule has 1 aliphatic rings. The lowest BCUT2D eigenvalue weighted by Crippen LogP contribution is -2.29. The monoisotopic (exact) mass is 641 g/mol. The Labute approximate surface area is 268 Å². The van der Waals surface area contributed by atoms with Gasteiger partial charge >= 0.3 is 5.91 Å². The van der Waals surface area contributed by atoms with E-state index in [0.29, 0.717) is 45.1 Å². The van der Waals surface area contributed by atoms with Gasteiger partial charge in [0.05, 0.1) is 31.0 Å². The van der Waals surface area contributed by atoms with Crippen LogP contribution in [0.1, 0.15) is 46.6 Å². The Morgan fingerprint density at radius 2 is 1.82 bits per heavy atom. The van der Waals surface area contributed by atoms with Gasteiger partial charge in [-0.2, -0.15) is 0 Å². The van der Waals surface area contributed by atoms with Gasteiger partial charge in [-0.05, 0) is 62.6 Å². The minimum absolute atomic E-state index is 0.0977. The first-order chi connectivity index (χ1) is 21.7. The van der Waals surface area contributed by atoms with Crippen LogP contribution in [0.2, 0.25) is 0 Å². The van der Waals surface area contributed by atoms with Crippen LogP contribution in [0, 0.1) is 20.8 Å². The highest BCUT2D eigenvalue weighted by atomic mass is 32.2. The zero-order valence-electron chi connectivity index (χ0n) is 25.4. The first kappa shape index (κ1) is 30.4. The van der Waals surface area contributed by atoms with Crippen LogP contribution in [0.5, 0.6) is 11.5 Å². The van der Waals surface area contributed by atoms with Crippen LogP contribution >= 0.6 is 23.1 Å². The number of benzene rings is 2. The summed E-state index contributed by atoms with van der Waals surface area (Å²) in [6.45, 7) is 8.05. The Morgan fingerprint density at radius 3 is 2.53 bits per heavy atom. The van der Waals surface area contributed by atoms with E-state index in [1.165, 1.54) is 40.7 Å². The normalized spacial score (nSPS) is 16.1. The molecular weight excluding hydrogens is 611 g/mol. The van der Waals surface area contributed by atoms with Crippen molar-refractivity contribution in [3.8, 4) is 11.5 Å². The summed E-state index contributed by atoms with van der Waals surface area (Å²) in [7, 11) is 1.52. The molecule has 0 bridgehead atoms. The first-order valence-corrected chi connectivity index (χ1v) is 16.1. The third kappa shape index (κ3) is 5.55. The Bertz CT molecular complexity index is 1960. The summed E-state index contributed by atoms with van der Waals surface area (Å²) < 4.78 is 13.8. The van der Waals surface area contributed by atoms with Crippen molar-refractivity contribution >= 4 is 51.3 Å². The van der Waals surface area contributed by atoms with Gasteiger partial charge in [0.15, 0.2) is 21.6 Å². The summed E-state index contributed by atoms with van der Waals surface area (Å²) in [6.07, 6.45) is 1.84. The molecule has 45 heavy (non-hydrogen) atoms. The fraction of sp³-hybridized carbons (Fsp3) is 0.242. The maximum atomic E-state index is 13.8. The summed E-state index contributed by atoms with van der Waals surface area (Å²) in [5, 5.41) is 20.7. The molecule has 1 saturated heterocycles. The van der Waals surface area contributed by atoms with Gasteiger partial charge in [-0.15, -0.1) is 10.2 Å². The van der Waals surface area contributed by atoms with Gasteiger partial charge in [0.2, 0.25) is 5.13 Å². The molecule has 4 heterocycles. The number of ketones is 1. The van der Waals surface area contributed by atoms with E-state index in [1.54, 1.807) is 18.2 Å². The van der Waals surface area contributed by atoms with Crippen LogP contribution in [0.25, 0.3) is 11.4 Å². The third-order valence-corrected chi connectivity index (χ3v) is 9.77. The summed E-state index contributed by atoms with van der Waals surface area (Å²) in [5.41, 5.74) is 5.13. The second-order valence-corrected chi connectivity index (χ2v) is 12.7. The number of aromatic nitrogens is 4. The quantitative estimate of drug-likeness (QED) is 0.0638. The number of methoxy groups -OCH3 is 1. The lowest BCUT2D eigenvalue weighted by Gasteiger charge is -2.23. The number of aliphatic hydroxyl groups is 1. The van der Waals surface area contributed by atoms with Crippen LogP contribution < -0.4 is 14.4 Å². The zero-order chi connectivity index (χ0) is 31.8. The zero-order valence-corrected chi connectivity index (χ0v) is 27.0. The van der Waals surface area contributed by atoms with E-state index in [2.05, 4.69) is 39.4 Å². The molecule has 1 fully saturated rings. The molecule has 5 aromatic rings. The standard InChI is InChI=1S/C33H31N5O5S2/c1-6-43-23-14-13-22(16-24(23)42-5)27-25(28(39)26-20(4)37-15-7-8-19(3)30(37)34-26)29(40)31(41)38(27)32-35-36-33(45-32)44-17-21-11-9-18(2)10-12-21/h7-16,27,39H,6,17H2,1-5H3/b28-25+. The van der Waals surface area contributed by atoms with Crippen LogP contribution in [-0.2, 0) is 15.3 Å². The number of ether oxygens (including phenoxy) is 2. The first-order valence-electron chi connectivity index (χ1n) is 14.3. The number of imidazole rings is 1. The van der Waals surface area contributed by atoms with Gasteiger partial charge in [0.25, 0.3) is 5.78 Å². The van der Waals surface area contributed by atoms with Crippen molar-refractivity contribution in [3.05, 3.63) is 100 Å². The second-order valence-electron chi connectivity index (χ2n) is 10.6. The Hall–Kier alpha value is -4.68. The molecule has 230 valence electrons. The molecule has 1 aliphatic heterocycles. The number of carbonyl (C=O) groups is 2. The van der Waals surface area contributed by atoms with Crippen molar-refractivity contribution in [3.63, 3.8) is 0 Å².